The fraction of sp³-hybridized carbons (Fsp3) is 0.909. The first-order valence-corrected chi connectivity index (χ1v) is 7.09. The van der Waals surface area contributed by atoms with Gasteiger partial charge in [-0.2, -0.15) is 13.2 Å². The van der Waals surface area contributed by atoms with E-state index in [2.05, 4.69) is 0 Å². The molecular formula is C11H19F3N2OS. The zero-order valence-corrected chi connectivity index (χ0v) is 11.2. The quantitative estimate of drug-likeness (QED) is 0.859. The van der Waals surface area contributed by atoms with Gasteiger partial charge in [-0.3, -0.25) is 4.79 Å². The van der Waals surface area contributed by atoms with Crippen molar-refractivity contribution in [2.75, 3.05) is 18.8 Å². The molecule has 1 fully saturated rings. The van der Waals surface area contributed by atoms with Crippen LogP contribution in [0.3, 0.4) is 0 Å². The third-order valence-electron chi connectivity index (χ3n) is 2.90. The number of halogens is 3. The molecule has 0 aromatic rings. The maximum Gasteiger partial charge on any atom is 0.402 e. The molecule has 0 bridgehead atoms. The fourth-order valence-electron chi connectivity index (χ4n) is 1.94. The maximum absolute atomic E-state index is 12.6. The number of alkyl halides is 3. The molecule has 2 N–H and O–H groups in total. The Morgan fingerprint density at radius 3 is 2.33 bits per heavy atom. The van der Waals surface area contributed by atoms with Crippen molar-refractivity contribution < 1.29 is 18.0 Å². The molecule has 1 amide bonds. The summed E-state index contributed by atoms with van der Waals surface area (Å²) >= 11 is 0.597. The summed E-state index contributed by atoms with van der Waals surface area (Å²) in [5.41, 5.74) is 5.32. The van der Waals surface area contributed by atoms with Crippen molar-refractivity contribution in [1.29, 1.82) is 0 Å². The summed E-state index contributed by atoms with van der Waals surface area (Å²) in [6.07, 6.45) is -1.40. The van der Waals surface area contributed by atoms with Crippen molar-refractivity contribution in [3.63, 3.8) is 0 Å². The Kier molecular flexibility index (Phi) is 5.78. The van der Waals surface area contributed by atoms with E-state index in [-0.39, 0.29) is 11.7 Å². The number of amides is 1. The molecule has 7 heteroatoms. The van der Waals surface area contributed by atoms with E-state index < -0.39 is 17.5 Å². The molecule has 1 aliphatic rings. The summed E-state index contributed by atoms with van der Waals surface area (Å²) in [5.74, 6) is -0.360. The van der Waals surface area contributed by atoms with E-state index >= 15 is 0 Å². The molecule has 0 aromatic carbocycles. The van der Waals surface area contributed by atoms with Gasteiger partial charge < -0.3 is 10.6 Å². The van der Waals surface area contributed by atoms with Crippen LogP contribution in [0.1, 0.15) is 26.2 Å². The molecule has 2 atom stereocenters. The SMILES string of the molecule is CC(N)C(SCC(=O)N1CCCCC1)C(F)(F)F. The average molecular weight is 284 g/mol. The number of hydrogen-bond acceptors (Lipinski definition) is 3. The summed E-state index contributed by atoms with van der Waals surface area (Å²) in [6.45, 7) is 2.64. The topological polar surface area (TPSA) is 46.3 Å². The zero-order valence-electron chi connectivity index (χ0n) is 10.4. The van der Waals surface area contributed by atoms with Gasteiger partial charge in [-0.1, -0.05) is 0 Å². The second kappa shape index (κ2) is 6.65. The average Bonchev–Trinajstić information content (AvgIpc) is 2.28. The van der Waals surface area contributed by atoms with Gasteiger partial charge in [-0.25, -0.2) is 0 Å². The molecule has 18 heavy (non-hydrogen) atoms. The lowest BCUT2D eigenvalue weighted by Gasteiger charge is -2.28. The molecule has 1 saturated heterocycles. The van der Waals surface area contributed by atoms with E-state index in [0.717, 1.165) is 19.3 Å². The number of nitrogens with zero attached hydrogens (tertiary/aromatic N) is 1. The molecule has 1 heterocycles. The van der Waals surface area contributed by atoms with Crippen molar-refractivity contribution in [2.24, 2.45) is 5.73 Å². The highest BCUT2D eigenvalue weighted by Crippen LogP contribution is 2.32. The molecule has 0 spiro atoms. The van der Waals surface area contributed by atoms with Crippen molar-refractivity contribution in [3.05, 3.63) is 0 Å². The number of piperidine rings is 1. The molecule has 0 saturated carbocycles. The van der Waals surface area contributed by atoms with E-state index in [1.807, 2.05) is 0 Å². The van der Waals surface area contributed by atoms with Gasteiger partial charge in [0.05, 0.1) is 5.75 Å². The highest BCUT2D eigenvalue weighted by Gasteiger charge is 2.42. The minimum atomic E-state index is -4.36. The van der Waals surface area contributed by atoms with E-state index in [1.54, 1.807) is 4.90 Å². The van der Waals surface area contributed by atoms with Crippen molar-refractivity contribution >= 4 is 17.7 Å². The number of hydrogen-bond donors (Lipinski definition) is 1. The van der Waals surface area contributed by atoms with Crippen LogP contribution < -0.4 is 5.73 Å². The third kappa shape index (κ3) is 4.68. The molecule has 106 valence electrons. The Labute approximate surface area is 109 Å². The normalized spacial score (nSPS) is 20.6. The Balaban J connectivity index is 2.44. The van der Waals surface area contributed by atoms with Crippen LogP contribution in [0.5, 0.6) is 0 Å². The van der Waals surface area contributed by atoms with E-state index in [4.69, 9.17) is 5.73 Å². The van der Waals surface area contributed by atoms with Gasteiger partial charge in [-0.05, 0) is 26.2 Å². The first-order chi connectivity index (χ1) is 8.32. The van der Waals surface area contributed by atoms with Crippen LogP contribution in [0.4, 0.5) is 13.2 Å². The molecule has 0 radical (unpaired) electrons. The highest BCUT2D eigenvalue weighted by atomic mass is 32.2. The van der Waals surface area contributed by atoms with Crippen LogP contribution >= 0.6 is 11.8 Å². The van der Waals surface area contributed by atoms with Crippen LogP contribution in [-0.2, 0) is 4.79 Å². The number of carbonyl (C=O) groups is 1. The van der Waals surface area contributed by atoms with Crippen molar-refractivity contribution in [1.82, 2.24) is 4.90 Å². The summed E-state index contributed by atoms with van der Waals surface area (Å²) < 4.78 is 37.9. The van der Waals surface area contributed by atoms with Crippen LogP contribution in [0.2, 0.25) is 0 Å². The van der Waals surface area contributed by atoms with Crippen molar-refractivity contribution in [2.45, 2.75) is 43.7 Å². The number of rotatable bonds is 4. The van der Waals surface area contributed by atoms with Gasteiger partial charge >= 0.3 is 6.18 Å². The minimum Gasteiger partial charge on any atom is -0.342 e. The summed E-state index contributed by atoms with van der Waals surface area (Å²) in [7, 11) is 0. The number of nitrogens with two attached hydrogens (primary N) is 1. The first kappa shape index (κ1) is 15.6. The Hall–Kier alpha value is -0.430. The largest absolute Gasteiger partial charge is 0.402 e. The van der Waals surface area contributed by atoms with Crippen LogP contribution in [0.15, 0.2) is 0 Å². The van der Waals surface area contributed by atoms with Crippen LogP contribution in [0, 0.1) is 0 Å². The van der Waals surface area contributed by atoms with Crippen LogP contribution in [0.25, 0.3) is 0 Å². The van der Waals surface area contributed by atoms with E-state index in [9.17, 15) is 18.0 Å². The van der Waals surface area contributed by atoms with Crippen LogP contribution in [-0.4, -0.2) is 47.1 Å². The van der Waals surface area contributed by atoms with Gasteiger partial charge in [0, 0.05) is 19.1 Å². The lowest BCUT2D eigenvalue weighted by molar-refractivity contribution is -0.131. The van der Waals surface area contributed by atoms with Gasteiger partial charge in [0.2, 0.25) is 5.91 Å². The van der Waals surface area contributed by atoms with Gasteiger partial charge in [0.15, 0.2) is 0 Å². The Bertz CT molecular complexity index is 278. The Morgan fingerprint density at radius 2 is 1.89 bits per heavy atom. The van der Waals surface area contributed by atoms with Crippen molar-refractivity contribution in [3.8, 4) is 0 Å². The second-order valence-electron chi connectivity index (χ2n) is 4.57. The Morgan fingerprint density at radius 1 is 1.33 bits per heavy atom. The molecule has 0 aromatic heterocycles. The lowest BCUT2D eigenvalue weighted by atomic mass is 10.1. The summed E-state index contributed by atoms with van der Waals surface area (Å²) in [5, 5.41) is -1.67. The molecule has 3 nitrogen and oxygen atoms in total. The standard InChI is InChI=1S/C11H19F3N2OS/c1-8(15)10(11(12,13)14)18-7-9(17)16-5-3-2-4-6-16/h8,10H,2-7,15H2,1H3. The van der Waals surface area contributed by atoms with Gasteiger partial charge in [0.25, 0.3) is 0 Å². The smallest absolute Gasteiger partial charge is 0.342 e. The predicted octanol–water partition coefficient (Wildman–Crippen LogP) is 2.01. The van der Waals surface area contributed by atoms with Gasteiger partial charge in [-0.15, -0.1) is 11.8 Å². The maximum atomic E-state index is 12.6. The number of thioether (sulfide) groups is 1. The second-order valence-corrected chi connectivity index (χ2v) is 5.70. The molecule has 2 unspecified atom stereocenters. The number of carbonyl (C=O) groups excluding carboxylic acids is 1. The first-order valence-electron chi connectivity index (χ1n) is 6.04. The third-order valence-corrected chi connectivity index (χ3v) is 4.36. The zero-order chi connectivity index (χ0) is 13.8. The minimum absolute atomic E-state index is 0.147. The van der Waals surface area contributed by atoms with E-state index in [1.165, 1.54) is 6.92 Å². The monoisotopic (exact) mass is 284 g/mol. The molecular weight excluding hydrogens is 265 g/mol. The lowest BCUT2D eigenvalue weighted by Crippen LogP contribution is -2.43. The molecule has 1 aliphatic heterocycles. The predicted molar refractivity (Wildman–Crippen MR) is 66.4 cm³/mol. The fourth-order valence-corrected chi connectivity index (χ4v) is 2.94. The summed E-state index contributed by atoms with van der Waals surface area (Å²) in [6, 6.07) is -1.01. The number of likely N-dealkylation sites (tertiary alicyclic amines) is 1. The van der Waals surface area contributed by atoms with Gasteiger partial charge in [0.1, 0.15) is 5.25 Å². The highest BCUT2D eigenvalue weighted by molar-refractivity contribution is 8.00. The van der Waals surface area contributed by atoms with E-state index in [0.29, 0.717) is 24.9 Å². The summed E-state index contributed by atoms with van der Waals surface area (Å²) in [4.78, 5) is 13.4. The molecule has 0 aliphatic carbocycles. The molecule has 1 rings (SSSR count).